The average Bonchev–Trinajstić information content (AvgIpc) is 2.65. The van der Waals surface area contributed by atoms with Gasteiger partial charge in [0.1, 0.15) is 6.61 Å². The Hall–Kier alpha value is -2.69. The van der Waals surface area contributed by atoms with E-state index in [-0.39, 0.29) is 12.0 Å². The first kappa shape index (κ1) is 17.1. The van der Waals surface area contributed by atoms with Crippen LogP contribution in [0, 0.1) is 0 Å². The summed E-state index contributed by atoms with van der Waals surface area (Å²) in [6.45, 7) is 3.53. The summed E-state index contributed by atoms with van der Waals surface area (Å²) in [4.78, 5) is 16.7. The van der Waals surface area contributed by atoms with Crippen LogP contribution >= 0.6 is 0 Å². The molecular formula is C20H24N2O3. The molecule has 1 atom stereocenters. The molecule has 2 aromatic rings. The number of benzene rings is 2. The largest absolute Gasteiger partial charge is 0.486 e. The van der Waals surface area contributed by atoms with E-state index < -0.39 is 0 Å². The summed E-state index contributed by atoms with van der Waals surface area (Å²) in [5.41, 5.74) is 1.69. The maximum absolute atomic E-state index is 12.9. The summed E-state index contributed by atoms with van der Waals surface area (Å²) in [5, 5.41) is 0. The zero-order valence-electron chi connectivity index (χ0n) is 14.9. The van der Waals surface area contributed by atoms with Gasteiger partial charge in [0, 0.05) is 31.9 Å². The Balaban J connectivity index is 1.70. The van der Waals surface area contributed by atoms with Crippen LogP contribution in [-0.4, -0.2) is 50.7 Å². The van der Waals surface area contributed by atoms with Crippen molar-refractivity contribution in [1.29, 1.82) is 0 Å². The number of rotatable bonds is 5. The van der Waals surface area contributed by atoms with Gasteiger partial charge in [0.15, 0.2) is 17.6 Å². The third-order valence-corrected chi connectivity index (χ3v) is 4.27. The van der Waals surface area contributed by atoms with E-state index in [0.717, 1.165) is 17.2 Å². The lowest BCUT2D eigenvalue weighted by Gasteiger charge is -2.31. The van der Waals surface area contributed by atoms with Crippen LogP contribution in [0.1, 0.15) is 17.3 Å². The van der Waals surface area contributed by atoms with Gasteiger partial charge in [-0.2, -0.15) is 0 Å². The second-order valence-corrected chi connectivity index (χ2v) is 6.29. The van der Waals surface area contributed by atoms with Crippen LogP contribution in [0.5, 0.6) is 11.5 Å². The number of amides is 1. The highest BCUT2D eigenvalue weighted by Gasteiger charge is 2.25. The Kier molecular flexibility index (Phi) is 5.12. The van der Waals surface area contributed by atoms with E-state index in [1.807, 2.05) is 74.4 Å². The number of hydrogen-bond donors (Lipinski definition) is 0. The van der Waals surface area contributed by atoms with Crippen molar-refractivity contribution in [2.45, 2.75) is 13.0 Å². The Labute approximate surface area is 148 Å². The van der Waals surface area contributed by atoms with Gasteiger partial charge in [-0.05, 0) is 37.3 Å². The van der Waals surface area contributed by atoms with Crippen molar-refractivity contribution in [3.63, 3.8) is 0 Å². The minimum absolute atomic E-state index is 0.00802. The lowest BCUT2D eigenvalue weighted by atomic mass is 10.1. The molecule has 5 heteroatoms. The second-order valence-electron chi connectivity index (χ2n) is 6.29. The van der Waals surface area contributed by atoms with E-state index in [1.54, 1.807) is 4.90 Å². The number of para-hydroxylation sites is 2. The molecule has 0 N–H and O–H groups in total. The monoisotopic (exact) mass is 340 g/mol. The third-order valence-electron chi connectivity index (χ3n) is 4.27. The van der Waals surface area contributed by atoms with Crippen LogP contribution in [0.25, 0.3) is 0 Å². The number of ether oxygens (including phenoxy) is 2. The molecule has 3 rings (SSSR count). The van der Waals surface area contributed by atoms with E-state index in [4.69, 9.17) is 9.47 Å². The third kappa shape index (κ3) is 3.87. The summed E-state index contributed by atoms with van der Waals surface area (Å²) in [6.07, 6.45) is -0.171. The molecule has 1 aliphatic heterocycles. The first-order valence-corrected chi connectivity index (χ1v) is 8.53. The quantitative estimate of drug-likeness (QED) is 0.839. The number of fused-ring (bicyclic) bond motifs is 1. The van der Waals surface area contributed by atoms with E-state index in [2.05, 4.69) is 0 Å². The summed E-state index contributed by atoms with van der Waals surface area (Å²) in [5.74, 6) is 1.50. The summed E-state index contributed by atoms with van der Waals surface area (Å²) in [6, 6.07) is 15.3. The topological polar surface area (TPSA) is 42.0 Å². The fourth-order valence-electron chi connectivity index (χ4n) is 2.85. The smallest absolute Gasteiger partial charge is 0.254 e. The lowest BCUT2D eigenvalue weighted by Crippen LogP contribution is -2.43. The first-order chi connectivity index (χ1) is 12.1. The molecule has 0 aromatic heterocycles. The number of nitrogens with zero attached hydrogens (tertiary/aromatic N) is 2. The van der Waals surface area contributed by atoms with E-state index in [9.17, 15) is 4.79 Å². The SMILES string of the molecule is CCN(C[C@@H]1COc2ccccc2O1)C(=O)c1cccc(N(C)C)c1. The van der Waals surface area contributed by atoms with Gasteiger partial charge in [-0.25, -0.2) is 0 Å². The molecule has 0 bridgehead atoms. The van der Waals surface area contributed by atoms with Gasteiger partial charge < -0.3 is 19.3 Å². The van der Waals surface area contributed by atoms with Crippen molar-refractivity contribution in [3.05, 3.63) is 54.1 Å². The molecule has 0 unspecified atom stereocenters. The number of carbonyl (C=O) groups excluding carboxylic acids is 1. The fourth-order valence-corrected chi connectivity index (χ4v) is 2.85. The van der Waals surface area contributed by atoms with E-state index >= 15 is 0 Å². The number of likely N-dealkylation sites (N-methyl/N-ethyl adjacent to an activating group) is 1. The number of anilines is 1. The van der Waals surface area contributed by atoms with Crippen LogP contribution in [0.15, 0.2) is 48.5 Å². The first-order valence-electron chi connectivity index (χ1n) is 8.53. The number of hydrogen-bond acceptors (Lipinski definition) is 4. The van der Waals surface area contributed by atoms with Gasteiger partial charge in [-0.15, -0.1) is 0 Å². The molecule has 1 heterocycles. The molecule has 0 fully saturated rings. The summed E-state index contributed by atoms with van der Waals surface area (Å²) in [7, 11) is 3.93. The highest BCUT2D eigenvalue weighted by atomic mass is 16.6. The highest BCUT2D eigenvalue weighted by Crippen LogP contribution is 2.31. The van der Waals surface area contributed by atoms with Gasteiger partial charge in [0.05, 0.1) is 6.54 Å². The molecule has 0 saturated heterocycles. The lowest BCUT2D eigenvalue weighted by molar-refractivity contribution is 0.0475. The Bertz CT molecular complexity index is 745. The minimum Gasteiger partial charge on any atom is -0.486 e. The van der Waals surface area contributed by atoms with Gasteiger partial charge in [0.2, 0.25) is 0 Å². The Morgan fingerprint density at radius 1 is 1.12 bits per heavy atom. The van der Waals surface area contributed by atoms with Crippen molar-refractivity contribution in [2.24, 2.45) is 0 Å². The molecule has 132 valence electrons. The molecule has 1 aliphatic rings. The zero-order chi connectivity index (χ0) is 17.8. The summed E-state index contributed by atoms with van der Waals surface area (Å²) < 4.78 is 11.7. The molecule has 1 amide bonds. The second kappa shape index (κ2) is 7.47. The van der Waals surface area contributed by atoms with Crippen LogP contribution < -0.4 is 14.4 Å². The fraction of sp³-hybridized carbons (Fsp3) is 0.350. The van der Waals surface area contributed by atoms with E-state index in [1.165, 1.54) is 0 Å². The van der Waals surface area contributed by atoms with Crippen LogP contribution in [0.4, 0.5) is 5.69 Å². The van der Waals surface area contributed by atoms with Crippen molar-refractivity contribution in [3.8, 4) is 11.5 Å². The van der Waals surface area contributed by atoms with Crippen LogP contribution in [0.2, 0.25) is 0 Å². The van der Waals surface area contributed by atoms with E-state index in [0.29, 0.717) is 25.3 Å². The molecule has 0 aliphatic carbocycles. The summed E-state index contributed by atoms with van der Waals surface area (Å²) >= 11 is 0. The van der Waals surface area contributed by atoms with Crippen LogP contribution in [-0.2, 0) is 0 Å². The Morgan fingerprint density at radius 3 is 2.60 bits per heavy atom. The molecular weight excluding hydrogens is 316 g/mol. The van der Waals surface area contributed by atoms with Gasteiger partial charge in [0.25, 0.3) is 5.91 Å². The van der Waals surface area contributed by atoms with Gasteiger partial charge in [-0.1, -0.05) is 18.2 Å². The predicted octanol–water partition coefficient (Wildman–Crippen LogP) is 3.05. The normalized spacial score (nSPS) is 15.6. The van der Waals surface area contributed by atoms with Crippen molar-refractivity contribution in [1.82, 2.24) is 4.90 Å². The van der Waals surface area contributed by atoms with Crippen molar-refractivity contribution in [2.75, 3.05) is 38.7 Å². The molecule has 0 spiro atoms. The Morgan fingerprint density at radius 2 is 1.88 bits per heavy atom. The molecule has 5 nitrogen and oxygen atoms in total. The molecule has 0 radical (unpaired) electrons. The van der Waals surface area contributed by atoms with Gasteiger partial charge >= 0.3 is 0 Å². The standard InChI is InChI=1S/C20H24N2O3/c1-4-22(20(23)15-8-7-9-16(12-15)21(2)3)13-17-14-24-18-10-5-6-11-19(18)25-17/h5-12,17H,4,13-14H2,1-3H3/t17-/m1/s1. The van der Waals surface area contributed by atoms with Crippen LogP contribution in [0.3, 0.4) is 0 Å². The zero-order valence-corrected chi connectivity index (χ0v) is 14.9. The predicted molar refractivity (Wildman–Crippen MR) is 98.7 cm³/mol. The molecule has 25 heavy (non-hydrogen) atoms. The van der Waals surface area contributed by atoms with Gasteiger partial charge in [-0.3, -0.25) is 4.79 Å². The maximum Gasteiger partial charge on any atom is 0.254 e. The number of carbonyl (C=O) groups is 1. The van der Waals surface area contributed by atoms with Crippen molar-refractivity contribution < 1.29 is 14.3 Å². The molecule has 0 saturated carbocycles. The minimum atomic E-state index is -0.171. The van der Waals surface area contributed by atoms with Crippen molar-refractivity contribution >= 4 is 11.6 Å². The average molecular weight is 340 g/mol. The molecule has 2 aromatic carbocycles. The highest BCUT2D eigenvalue weighted by molar-refractivity contribution is 5.95. The maximum atomic E-state index is 12.9.